The number of hydrogen-bond donors (Lipinski definition) is 12. The Labute approximate surface area is 385 Å². The smallest absolute Gasteiger partial charge is 0.326 e. The quantitative estimate of drug-likeness (QED) is 0.0435. The second kappa shape index (κ2) is 22.8. The van der Waals surface area contributed by atoms with E-state index < -0.39 is 71.8 Å². The minimum absolute atomic E-state index is 0.0365. The van der Waals surface area contributed by atoms with E-state index in [0.29, 0.717) is 28.1 Å². The Balaban J connectivity index is 1.24. The van der Waals surface area contributed by atoms with Crippen LogP contribution in [0, 0.1) is 5.92 Å². The maximum atomic E-state index is 14.5. The number of hydrogen-bond acceptors (Lipinski definition) is 11. The molecule has 0 aliphatic rings. The van der Waals surface area contributed by atoms with Crippen molar-refractivity contribution in [1.82, 2.24) is 51.5 Å². The van der Waals surface area contributed by atoms with Crippen LogP contribution in [-0.4, -0.2) is 112 Å². The molecule has 20 heteroatoms. The first-order valence-corrected chi connectivity index (χ1v) is 21.7. The Bertz CT molecular complexity index is 2600. The largest absolute Gasteiger partial charge is 0.508 e. The van der Waals surface area contributed by atoms with Gasteiger partial charge in [-0.05, 0) is 59.4 Å². The van der Waals surface area contributed by atoms with Gasteiger partial charge in [-0.25, -0.2) is 14.8 Å². The lowest BCUT2D eigenvalue weighted by molar-refractivity contribution is -0.142. The molecule has 0 aliphatic carbocycles. The van der Waals surface area contributed by atoms with Crippen molar-refractivity contribution in [3.63, 3.8) is 0 Å². The van der Waals surface area contributed by atoms with Gasteiger partial charge >= 0.3 is 5.97 Å². The van der Waals surface area contributed by atoms with Gasteiger partial charge in [0.05, 0.1) is 18.7 Å². The summed E-state index contributed by atoms with van der Waals surface area (Å²) in [6, 6.07) is 11.4. The number of nitrogens with two attached hydrogens (primary N) is 1. The number of nitrogens with zero attached hydrogens (tertiary/aromatic N) is 2. The zero-order chi connectivity index (χ0) is 48.0. The van der Waals surface area contributed by atoms with Gasteiger partial charge in [-0.1, -0.05) is 56.3 Å². The van der Waals surface area contributed by atoms with Gasteiger partial charge in [0.15, 0.2) is 0 Å². The molecule has 13 N–H and O–H groups in total. The van der Waals surface area contributed by atoms with Crippen LogP contribution in [0.3, 0.4) is 0 Å². The fourth-order valence-corrected chi connectivity index (χ4v) is 7.50. The predicted octanol–water partition coefficient (Wildman–Crippen LogP) is 1.42. The number of fused-ring (bicyclic) bond motifs is 1. The van der Waals surface area contributed by atoms with Crippen LogP contribution in [0.2, 0.25) is 0 Å². The van der Waals surface area contributed by atoms with Gasteiger partial charge in [0.25, 0.3) is 0 Å². The van der Waals surface area contributed by atoms with Gasteiger partial charge < -0.3 is 62.6 Å². The van der Waals surface area contributed by atoms with E-state index in [4.69, 9.17) is 5.73 Å². The van der Waals surface area contributed by atoms with Crippen molar-refractivity contribution in [2.45, 2.75) is 88.6 Å². The van der Waals surface area contributed by atoms with Crippen LogP contribution in [0.1, 0.15) is 48.3 Å². The van der Waals surface area contributed by atoms with E-state index in [9.17, 15) is 44.1 Å². The molecule has 0 radical (unpaired) electrons. The number of phenolic OH excluding ortho intramolecular Hbond substituents is 2. The van der Waals surface area contributed by atoms with Gasteiger partial charge in [-0.2, -0.15) is 0 Å². The second-order valence-electron chi connectivity index (χ2n) is 16.7. The van der Waals surface area contributed by atoms with E-state index in [0.717, 1.165) is 10.9 Å². The average Bonchev–Trinajstić information content (AvgIpc) is 4.10. The molecule has 6 rings (SSSR count). The molecule has 6 aromatic rings. The number of aliphatic carboxylic acids is 1. The molecule has 0 fully saturated rings. The number of phenols is 2. The molecule has 0 saturated carbocycles. The molecule has 0 spiro atoms. The van der Waals surface area contributed by atoms with E-state index >= 15 is 0 Å². The van der Waals surface area contributed by atoms with E-state index in [2.05, 4.69) is 51.5 Å². The van der Waals surface area contributed by atoms with Crippen LogP contribution >= 0.6 is 0 Å². The highest BCUT2D eigenvalue weighted by atomic mass is 16.4. The van der Waals surface area contributed by atoms with Crippen molar-refractivity contribution in [3.8, 4) is 11.5 Å². The third kappa shape index (κ3) is 14.0. The first-order valence-electron chi connectivity index (χ1n) is 21.7. The summed E-state index contributed by atoms with van der Waals surface area (Å²) in [7, 11) is 0. The molecule has 0 bridgehead atoms. The van der Waals surface area contributed by atoms with Gasteiger partial charge in [0.1, 0.15) is 41.7 Å². The number of carboxylic acids is 1. The van der Waals surface area contributed by atoms with Crippen molar-refractivity contribution in [3.05, 3.63) is 132 Å². The number of H-pyrrole nitrogens is 3. The monoisotopic (exact) mass is 917 g/mol. The number of nitrogens with one attached hydrogen (secondary N) is 8. The maximum Gasteiger partial charge on any atom is 0.326 e. The molecule has 352 valence electrons. The van der Waals surface area contributed by atoms with Gasteiger partial charge in [-0.3, -0.25) is 24.0 Å². The zero-order valence-corrected chi connectivity index (χ0v) is 36.9. The standard InChI is InChI=1S/C47H55N11O9/c1-26(2)15-37(55-46(65)40(20-31-23-50-25-53-31)54-42(61)35(48)19-30-22-49-24-52-30)43(62)56-38(16-27-7-11-32(59)12-8-27)44(63)57-39(17-28-9-13-33(60)14-10-28)45(64)58-41(47(66)67)18-29-21-51-36-6-4-3-5-34(29)36/h3-14,21-26,35,37-41,51,59-60H,15-20,48H2,1-2H3,(H,49,52)(H,50,53)(H,54,61)(H,55,65)(H,56,62)(H,57,63)(H,58,64)(H,66,67)/t35-,37-,38-,39-,40-,41-/m0/s1. The Morgan fingerprint density at radius 2 is 1.03 bits per heavy atom. The van der Waals surface area contributed by atoms with Crippen LogP contribution in [0.25, 0.3) is 10.9 Å². The summed E-state index contributed by atoms with van der Waals surface area (Å²) in [5.41, 5.74) is 9.77. The molecular formula is C47H55N11O9. The lowest BCUT2D eigenvalue weighted by Gasteiger charge is -2.28. The molecule has 3 aromatic carbocycles. The Morgan fingerprint density at radius 1 is 0.567 bits per heavy atom. The molecule has 0 aliphatic heterocycles. The SMILES string of the molecule is CC(C)C[C@H](NC(=O)[C@H](Cc1cnc[nH]1)NC(=O)[C@@H](N)Cc1cnc[nH]1)C(=O)N[C@@H](Cc1ccc(O)cc1)C(=O)N[C@@H](Cc1ccc(O)cc1)C(=O)N[C@@H](Cc1c[nH]c2ccccc12)C(=O)O. The summed E-state index contributed by atoms with van der Waals surface area (Å²) in [6.07, 6.45) is 7.36. The van der Waals surface area contributed by atoms with E-state index in [1.54, 1.807) is 30.5 Å². The predicted molar refractivity (Wildman–Crippen MR) is 245 cm³/mol. The number of imidazole rings is 2. The lowest BCUT2D eigenvalue weighted by Crippen LogP contribution is -2.60. The normalized spacial score (nSPS) is 14.0. The number of aromatic hydroxyl groups is 2. The first-order chi connectivity index (χ1) is 32.1. The van der Waals surface area contributed by atoms with Gasteiger partial charge in [0.2, 0.25) is 29.5 Å². The average molecular weight is 918 g/mol. The molecule has 6 atom stereocenters. The summed E-state index contributed by atoms with van der Waals surface area (Å²) in [5.74, 6) is -5.32. The summed E-state index contributed by atoms with van der Waals surface area (Å²) < 4.78 is 0. The number of para-hydroxylation sites is 1. The van der Waals surface area contributed by atoms with Crippen molar-refractivity contribution in [1.29, 1.82) is 0 Å². The van der Waals surface area contributed by atoms with E-state index in [1.807, 2.05) is 38.1 Å². The van der Waals surface area contributed by atoms with Gasteiger partial charge in [-0.15, -0.1) is 0 Å². The molecule has 3 aromatic heterocycles. The molecule has 67 heavy (non-hydrogen) atoms. The highest BCUT2D eigenvalue weighted by molar-refractivity contribution is 5.97. The van der Waals surface area contributed by atoms with Crippen LogP contribution in [0.15, 0.2) is 104 Å². The summed E-state index contributed by atoms with van der Waals surface area (Å²) in [4.78, 5) is 99.9. The van der Waals surface area contributed by atoms with Gasteiger partial charge in [0, 0.05) is 73.0 Å². The fourth-order valence-electron chi connectivity index (χ4n) is 7.50. The van der Waals surface area contributed by atoms with Crippen LogP contribution < -0.4 is 32.3 Å². The number of benzene rings is 3. The number of rotatable bonds is 23. The summed E-state index contributed by atoms with van der Waals surface area (Å²) in [6.45, 7) is 3.67. The van der Waals surface area contributed by atoms with Crippen LogP contribution in [-0.2, 0) is 60.9 Å². The lowest BCUT2D eigenvalue weighted by atomic mass is 9.99. The molecule has 0 unspecified atom stereocenters. The first kappa shape index (κ1) is 48.5. The third-order valence-corrected chi connectivity index (χ3v) is 11.0. The number of carboxylic acid groups (broad SMARTS) is 1. The maximum absolute atomic E-state index is 14.5. The fraction of sp³-hybridized carbons (Fsp3) is 0.319. The van der Waals surface area contributed by atoms with Crippen molar-refractivity contribution in [2.24, 2.45) is 11.7 Å². The molecule has 20 nitrogen and oxygen atoms in total. The highest BCUT2D eigenvalue weighted by Gasteiger charge is 2.34. The summed E-state index contributed by atoms with van der Waals surface area (Å²) in [5, 5.41) is 44.5. The highest BCUT2D eigenvalue weighted by Crippen LogP contribution is 2.20. The second-order valence-corrected chi connectivity index (χ2v) is 16.7. The van der Waals surface area contributed by atoms with Crippen LogP contribution in [0.4, 0.5) is 0 Å². The van der Waals surface area contributed by atoms with Crippen molar-refractivity contribution >= 4 is 46.4 Å². The molecule has 3 heterocycles. The molecular weight excluding hydrogens is 863 g/mol. The van der Waals surface area contributed by atoms with E-state index in [-0.39, 0.29) is 55.9 Å². The summed E-state index contributed by atoms with van der Waals surface area (Å²) >= 11 is 0. The zero-order valence-electron chi connectivity index (χ0n) is 36.9. The Morgan fingerprint density at radius 3 is 1.54 bits per heavy atom. The number of aromatic amines is 3. The van der Waals surface area contributed by atoms with E-state index in [1.165, 1.54) is 49.3 Å². The number of carbonyl (C=O) groups is 6. The Kier molecular flexibility index (Phi) is 16.5. The van der Waals surface area contributed by atoms with Crippen LogP contribution in [0.5, 0.6) is 11.5 Å². The number of carbonyl (C=O) groups excluding carboxylic acids is 5. The Hall–Kier alpha value is -8.00. The minimum atomic E-state index is -1.41. The number of amides is 5. The molecule has 0 saturated heterocycles. The number of aromatic nitrogens is 5. The molecule has 5 amide bonds. The third-order valence-electron chi connectivity index (χ3n) is 11.0. The van der Waals surface area contributed by atoms with Crippen molar-refractivity contribution < 1.29 is 44.1 Å². The minimum Gasteiger partial charge on any atom is -0.508 e. The van der Waals surface area contributed by atoms with Crippen molar-refractivity contribution in [2.75, 3.05) is 0 Å². The topological polar surface area (TPSA) is 322 Å².